The van der Waals surface area contributed by atoms with Gasteiger partial charge < -0.3 is 5.32 Å². The number of rotatable bonds is 1. The monoisotopic (exact) mass is 253 g/mol. The van der Waals surface area contributed by atoms with Crippen LogP contribution in [0.15, 0.2) is 42.4 Å². The van der Waals surface area contributed by atoms with Crippen LogP contribution in [0.25, 0.3) is 16.8 Å². The quantitative estimate of drug-likeness (QED) is 0.622. The fourth-order valence-corrected chi connectivity index (χ4v) is 2.03. The van der Waals surface area contributed by atoms with Gasteiger partial charge in [0.2, 0.25) is 0 Å². The average Bonchev–Trinajstić information content (AvgIpc) is 2.67. The molecule has 1 aliphatic heterocycles. The predicted molar refractivity (Wildman–Crippen MR) is 71.0 cm³/mol. The highest BCUT2D eigenvalue weighted by atomic mass is 16.2. The highest BCUT2D eigenvalue weighted by molar-refractivity contribution is 6.14. The van der Waals surface area contributed by atoms with E-state index in [1.54, 1.807) is 18.5 Å². The van der Waals surface area contributed by atoms with Crippen LogP contribution >= 0.6 is 0 Å². The van der Waals surface area contributed by atoms with Crippen LogP contribution in [0.2, 0.25) is 0 Å². The molecular formula is C14H11N3O2. The molecule has 5 nitrogen and oxygen atoms in total. The molecule has 0 unspecified atom stereocenters. The summed E-state index contributed by atoms with van der Waals surface area (Å²) in [5.41, 5.74) is 1.07. The van der Waals surface area contributed by atoms with Gasteiger partial charge in [0.25, 0.3) is 5.91 Å². The topological polar surface area (TPSA) is 62.3 Å². The van der Waals surface area contributed by atoms with Crippen LogP contribution in [0, 0.1) is 0 Å². The SMILES string of the molecule is CN1C(=O)NC(=Cc2cncc3ccccc23)C1=O. The Bertz CT molecular complexity index is 716. The van der Waals surface area contributed by atoms with Crippen molar-refractivity contribution < 1.29 is 9.59 Å². The molecule has 0 radical (unpaired) electrons. The van der Waals surface area contributed by atoms with Gasteiger partial charge in [-0.1, -0.05) is 24.3 Å². The number of likely N-dealkylation sites (N-methyl/N-ethyl adjacent to an activating group) is 1. The molecule has 94 valence electrons. The van der Waals surface area contributed by atoms with E-state index in [2.05, 4.69) is 10.3 Å². The van der Waals surface area contributed by atoms with Crippen molar-refractivity contribution in [2.45, 2.75) is 0 Å². The van der Waals surface area contributed by atoms with Crippen LogP contribution in [-0.4, -0.2) is 28.9 Å². The lowest BCUT2D eigenvalue weighted by atomic mass is 10.1. The third kappa shape index (κ3) is 1.85. The molecule has 19 heavy (non-hydrogen) atoms. The number of aromatic nitrogens is 1. The third-order valence-electron chi connectivity index (χ3n) is 3.08. The number of amides is 3. The fourth-order valence-electron chi connectivity index (χ4n) is 2.03. The number of urea groups is 1. The lowest BCUT2D eigenvalue weighted by Gasteiger charge is -2.02. The van der Waals surface area contributed by atoms with Crippen molar-refractivity contribution in [2.24, 2.45) is 0 Å². The van der Waals surface area contributed by atoms with E-state index in [9.17, 15) is 9.59 Å². The van der Waals surface area contributed by atoms with Gasteiger partial charge in [-0.25, -0.2) is 4.79 Å². The van der Waals surface area contributed by atoms with Crippen LogP contribution in [0.3, 0.4) is 0 Å². The van der Waals surface area contributed by atoms with Gasteiger partial charge in [0.05, 0.1) is 0 Å². The number of benzene rings is 1. The summed E-state index contributed by atoms with van der Waals surface area (Å²) in [6.07, 6.45) is 5.09. The molecule has 1 aliphatic rings. The van der Waals surface area contributed by atoms with Crippen LogP contribution < -0.4 is 5.32 Å². The average molecular weight is 253 g/mol. The molecule has 2 aromatic rings. The first kappa shape index (κ1) is 11.4. The van der Waals surface area contributed by atoms with Gasteiger partial charge in [0.1, 0.15) is 5.70 Å². The van der Waals surface area contributed by atoms with Gasteiger partial charge in [-0.15, -0.1) is 0 Å². The zero-order valence-electron chi connectivity index (χ0n) is 10.3. The number of hydrogen-bond acceptors (Lipinski definition) is 3. The number of nitrogens with zero attached hydrogens (tertiary/aromatic N) is 2. The number of carbonyl (C=O) groups is 2. The highest BCUT2D eigenvalue weighted by Gasteiger charge is 2.30. The Morgan fingerprint density at radius 2 is 2.00 bits per heavy atom. The minimum Gasteiger partial charge on any atom is -0.303 e. The summed E-state index contributed by atoms with van der Waals surface area (Å²) in [6, 6.07) is 7.34. The van der Waals surface area contributed by atoms with Crippen LogP contribution in [-0.2, 0) is 4.79 Å². The standard InChI is InChI=1S/C14H11N3O2/c1-17-13(18)12(16-14(17)19)6-10-8-15-7-9-4-2-3-5-11(9)10/h2-8H,1H3,(H,16,19). The highest BCUT2D eigenvalue weighted by Crippen LogP contribution is 2.20. The van der Waals surface area contributed by atoms with Crippen molar-refractivity contribution in [3.63, 3.8) is 0 Å². The Balaban J connectivity index is 2.12. The normalized spacial score (nSPS) is 17.3. The summed E-state index contributed by atoms with van der Waals surface area (Å²) in [5.74, 6) is -0.335. The van der Waals surface area contributed by atoms with Gasteiger partial charge in [0, 0.05) is 30.4 Å². The van der Waals surface area contributed by atoms with Crippen molar-refractivity contribution in [3.05, 3.63) is 47.9 Å². The van der Waals surface area contributed by atoms with E-state index in [1.807, 2.05) is 24.3 Å². The van der Waals surface area contributed by atoms with Crippen LogP contribution in [0.4, 0.5) is 4.79 Å². The molecule has 1 saturated heterocycles. The number of pyridine rings is 1. The lowest BCUT2D eigenvalue weighted by molar-refractivity contribution is -0.121. The van der Waals surface area contributed by atoms with E-state index in [1.165, 1.54) is 7.05 Å². The molecule has 1 fully saturated rings. The first-order valence-corrected chi connectivity index (χ1v) is 5.80. The minimum atomic E-state index is -0.413. The van der Waals surface area contributed by atoms with E-state index in [0.717, 1.165) is 21.2 Å². The van der Waals surface area contributed by atoms with E-state index < -0.39 is 6.03 Å². The van der Waals surface area contributed by atoms with Crippen molar-refractivity contribution in [3.8, 4) is 0 Å². The number of nitrogens with one attached hydrogen (secondary N) is 1. The molecule has 1 N–H and O–H groups in total. The number of fused-ring (bicyclic) bond motifs is 1. The van der Waals surface area contributed by atoms with Gasteiger partial charge in [-0.2, -0.15) is 0 Å². The smallest absolute Gasteiger partial charge is 0.303 e. The molecule has 1 aromatic carbocycles. The van der Waals surface area contributed by atoms with E-state index in [4.69, 9.17) is 0 Å². The second kappa shape index (κ2) is 4.20. The minimum absolute atomic E-state index is 0.269. The van der Waals surface area contributed by atoms with Crippen molar-refractivity contribution in [2.75, 3.05) is 7.05 Å². The third-order valence-corrected chi connectivity index (χ3v) is 3.08. The Labute approximate surface area is 109 Å². The molecule has 0 saturated carbocycles. The van der Waals surface area contributed by atoms with E-state index in [0.29, 0.717) is 0 Å². The molecule has 1 aromatic heterocycles. The van der Waals surface area contributed by atoms with E-state index in [-0.39, 0.29) is 11.6 Å². The second-order valence-corrected chi connectivity index (χ2v) is 4.30. The summed E-state index contributed by atoms with van der Waals surface area (Å²) in [7, 11) is 1.44. The van der Waals surface area contributed by atoms with Crippen molar-refractivity contribution in [1.82, 2.24) is 15.2 Å². The molecule has 5 heteroatoms. The summed E-state index contributed by atoms with van der Waals surface area (Å²) >= 11 is 0. The predicted octanol–water partition coefficient (Wildman–Crippen LogP) is 1.76. The lowest BCUT2D eigenvalue weighted by Crippen LogP contribution is -2.25. The maximum atomic E-state index is 11.8. The first-order valence-electron chi connectivity index (χ1n) is 5.80. The maximum absolute atomic E-state index is 11.8. The van der Waals surface area contributed by atoms with Crippen molar-refractivity contribution in [1.29, 1.82) is 0 Å². The summed E-state index contributed by atoms with van der Waals surface area (Å²) < 4.78 is 0. The molecule has 0 bridgehead atoms. The Kier molecular flexibility index (Phi) is 2.52. The molecule has 3 rings (SSSR count). The summed E-state index contributed by atoms with van der Waals surface area (Å²) in [4.78, 5) is 28.4. The zero-order chi connectivity index (χ0) is 13.4. The van der Waals surface area contributed by atoms with Crippen molar-refractivity contribution >= 4 is 28.8 Å². The van der Waals surface area contributed by atoms with Gasteiger partial charge >= 0.3 is 6.03 Å². The van der Waals surface area contributed by atoms with Gasteiger partial charge in [0.15, 0.2) is 0 Å². The van der Waals surface area contributed by atoms with E-state index >= 15 is 0 Å². The van der Waals surface area contributed by atoms with Crippen LogP contribution in [0.1, 0.15) is 5.56 Å². The molecule has 0 atom stereocenters. The molecule has 0 aliphatic carbocycles. The molecule has 2 heterocycles. The second-order valence-electron chi connectivity index (χ2n) is 4.30. The number of hydrogen-bond donors (Lipinski definition) is 1. The largest absolute Gasteiger partial charge is 0.328 e. The summed E-state index contributed by atoms with van der Waals surface area (Å²) in [6.45, 7) is 0. The molecule has 3 amide bonds. The maximum Gasteiger partial charge on any atom is 0.328 e. The zero-order valence-corrected chi connectivity index (χ0v) is 10.3. The van der Waals surface area contributed by atoms with Crippen LogP contribution in [0.5, 0.6) is 0 Å². The summed E-state index contributed by atoms with van der Waals surface area (Å²) in [5, 5.41) is 4.51. The number of carbonyl (C=O) groups excluding carboxylic acids is 2. The fraction of sp³-hybridized carbons (Fsp3) is 0.0714. The Morgan fingerprint density at radius 3 is 2.74 bits per heavy atom. The molecular weight excluding hydrogens is 242 g/mol. The first-order chi connectivity index (χ1) is 9.16. The van der Waals surface area contributed by atoms with Gasteiger partial charge in [-0.3, -0.25) is 14.7 Å². The Morgan fingerprint density at radius 1 is 1.21 bits per heavy atom. The number of imide groups is 1. The Hall–Kier alpha value is -2.69. The van der Waals surface area contributed by atoms with Gasteiger partial charge in [-0.05, 0) is 11.5 Å². The molecule has 0 spiro atoms.